The lowest BCUT2D eigenvalue weighted by atomic mass is 10.1. The Kier molecular flexibility index (Phi) is 6.27. The smallest absolute Gasteiger partial charge is 0.150 e. The SMILES string of the molecule is COc1ccc(S(=O)Nc2ccc3nc(Cc4ccc(Oc5ccccc5)cc4)[nH]c3c2)cc1. The number of hydrogen-bond acceptors (Lipinski definition) is 4. The molecule has 1 aromatic heterocycles. The summed E-state index contributed by atoms with van der Waals surface area (Å²) in [6, 6.07) is 30.6. The molecule has 0 saturated heterocycles. The summed E-state index contributed by atoms with van der Waals surface area (Å²) in [5.74, 6) is 3.19. The van der Waals surface area contributed by atoms with Gasteiger partial charge in [0.2, 0.25) is 0 Å². The molecule has 2 N–H and O–H groups in total. The summed E-state index contributed by atoms with van der Waals surface area (Å²) in [7, 11) is 0.224. The largest absolute Gasteiger partial charge is 0.497 e. The van der Waals surface area contributed by atoms with Crippen molar-refractivity contribution in [1.29, 1.82) is 0 Å². The van der Waals surface area contributed by atoms with Crippen molar-refractivity contribution in [3.05, 3.63) is 108 Å². The first kappa shape index (κ1) is 21.7. The predicted molar refractivity (Wildman–Crippen MR) is 135 cm³/mol. The molecule has 7 heteroatoms. The van der Waals surface area contributed by atoms with Gasteiger partial charge in [0.1, 0.15) is 34.1 Å². The highest BCUT2D eigenvalue weighted by Crippen LogP contribution is 2.24. The number of H-pyrrole nitrogens is 1. The van der Waals surface area contributed by atoms with Crippen molar-refractivity contribution in [2.45, 2.75) is 11.3 Å². The number of nitrogens with one attached hydrogen (secondary N) is 2. The maximum atomic E-state index is 12.7. The summed E-state index contributed by atoms with van der Waals surface area (Å²) in [4.78, 5) is 8.73. The number of aromatic nitrogens is 2. The van der Waals surface area contributed by atoms with E-state index in [1.54, 1.807) is 31.4 Å². The van der Waals surface area contributed by atoms with Gasteiger partial charge < -0.3 is 19.2 Å². The van der Waals surface area contributed by atoms with Crippen molar-refractivity contribution in [2.75, 3.05) is 11.8 Å². The van der Waals surface area contributed by atoms with Gasteiger partial charge >= 0.3 is 0 Å². The van der Waals surface area contributed by atoms with E-state index in [-0.39, 0.29) is 0 Å². The van der Waals surface area contributed by atoms with Crippen LogP contribution in [0, 0.1) is 0 Å². The van der Waals surface area contributed by atoms with Gasteiger partial charge in [-0.25, -0.2) is 9.19 Å². The van der Waals surface area contributed by atoms with Crippen LogP contribution in [0.5, 0.6) is 17.2 Å². The monoisotopic (exact) mass is 469 g/mol. The second kappa shape index (κ2) is 9.80. The molecule has 0 aliphatic carbocycles. The molecule has 6 nitrogen and oxygen atoms in total. The van der Waals surface area contributed by atoms with Crippen LogP contribution in [0.3, 0.4) is 0 Å². The number of aromatic amines is 1. The second-order valence-electron chi connectivity index (χ2n) is 7.70. The zero-order valence-electron chi connectivity index (χ0n) is 18.5. The average molecular weight is 470 g/mol. The van der Waals surface area contributed by atoms with Crippen molar-refractivity contribution in [3.8, 4) is 17.2 Å². The van der Waals surface area contributed by atoms with E-state index in [0.29, 0.717) is 11.3 Å². The minimum Gasteiger partial charge on any atom is -0.497 e. The summed E-state index contributed by atoms with van der Waals surface area (Å²) < 4.78 is 26.7. The van der Waals surface area contributed by atoms with Crippen molar-refractivity contribution >= 4 is 27.7 Å². The highest BCUT2D eigenvalue weighted by atomic mass is 32.2. The van der Waals surface area contributed by atoms with Crippen LogP contribution in [0.2, 0.25) is 0 Å². The molecule has 0 aliphatic rings. The Morgan fingerprint density at radius 1 is 0.853 bits per heavy atom. The molecule has 0 fully saturated rings. The van der Waals surface area contributed by atoms with E-state index < -0.39 is 11.0 Å². The van der Waals surface area contributed by atoms with Gasteiger partial charge in [-0.3, -0.25) is 0 Å². The van der Waals surface area contributed by atoms with E-state index in [1.807, 2.05) is 72.8 Å². The molecule has 0 saturated carbocycles. The number of imidazole rings is 1. The van der Waals surface area contributed by atoms with Gasteiger partial charge in [0.15, 0.2) is 0 Å². The summed E-state index contributed by atoms with van der Waals surface area (Å²) in [5, 5.41) is 0. The summed E-state index contributed by atoms with van der Waals surface area (Å²) in [5.41, 5.74) is 3.62. The van der Waals surface area contributed by atoms with E-state index in [0.717, 1.165) is 45.4 Å². The van der Waals surface area contributed by atoms with E-state index in [4.69, 9.17) is 14.5 Å². The predicted octanol–water partition coefficient (Wildman–Crippen LogP) is 6.09. The fourth-order valence-electron chi connectivity index (χ4n) is 3.57. The topological polar surface area (TPSA) is 76.2 Å². The Balaban J connectivity index is 1.25. The van der Waals surface area contributed by atoms with Crippen molar-refractivity contribution < 1.29 is 13.7 Å². The molecule has 170 valence electrons. The molecule has 5 rings (SSSR count). The van der Waals surface area contributed by atoms with Crippen LogP contribution in [0.4, 0.5) is 5.69 Å². The maximum Gasteiger partial charge on any atom is 0.150 e. The molecule has 0 bridgehead atoms. The first-order chi connectivity index (χ1) is 16.7. The first-order valence-corrected chi connectivity index (χ1v) is 11.9. The van der Waals surface area contributed by atoms with Gasteiger partial charge in [-0.2, -0.15) is 0 Å². The molecule has 0 amide bonds. The second-order valence-corrected chi connectivity index (χ2v) is 8.91. The minimum atomic E-state index is -1.38. The Morgan fingerprint density at radius 2 is 1.56 bits per heavy atom. The Bertz CT molecular complexity index is 1420. The molecular formula is C27H23N3O3S. The van der Waals surface area contributed by atoms with E-state index in [2.05, 4.69) is 9.71 Å². The number of methoxy groups -OCH3 is 1. The molecular weight excluding hydrogens is 446 g/mol. The van der Waals surface area contributed by atoms with Crippen molar-refractivity contribution in [2.24, 2.45) is 0 Å². The molecule has 4 aromatic carbocycles. The number of para-hydroxylation sites is 1. The summed E-state index contributed by atoms with van der Waals surface area (Å²) in [6.45, 7) is 0. The van der Waals surface area contributed by atoms with E-state index in [1.165, 1.54) is 0 Å². The van der Waals surface area contributed by atoms with Crippen LogP contribution < -0.4 is 14.2 Å². The van der Waals surface area contributed by atoms with E-state index >= 15 is 0 Å². The number of benzene rings is 4. The highest BCUT2D eigenvalue weighted by molar-refractivity contribution is 7.86. The van der Waals surface area contributed by atoms with Crippen LogP contribution in [0.15, 0.2) is 102 Å². The molecule has 0 spiro atoms. The third kappa shape index (κ3) is 5.10. The van der Waals surface area contributed by atoms with Gasteiger partial charge in [0, 0.05) is 12.1 Å². The van der Waals surface area contributed by atoms with Crippen molar-refractivity contribution in [3.63, 3.8) is 0 Å². The quantitative estimate of drug-likeness (QED) is 0.288. The normalized spacial score (nSPS) is 11.8. The van der Waals surface area contributed by atoms with Crippen LogP contribution in [-0.4, -0.2) is 21.3 Å². The molecule has 1 atom stereocenters. The number of ether oxygens (including phenoxy) is 2. The number of fused-ring (bicyclic) bond motifs is 1. The van der Waals surface area contributed by atoms with E-state index in [9.17, 15) is 4.21 Å². The van der Waals surface area contributed by atoms with Crippen LogP contribution in [0.25, 0.3) is 11.0 Å². The van der Waals surface area contributed by atoms with Gasteiger partial charge in [-0.05, 0) is 72.3 Å². The number of rotatable bonds is 8. The molecule has 1 heterocycles. The zero-order valence-corrected chi connectivity index (χ0v) is 19.3. The molecule has 1 unspecified atom stereocenters. The number of hydrogen-bond donors (Lipinski definition) is 2. The lowest BCUT2D eigenvalue weighted by Crippen LogP contribution is -2.04. The maximum absolute atomic E-state index is 12.7. The third-order valence-corrected chi connectivity index (χ3v) is 6.41. The van der Waals surface area contributed by atoms with Crippen LogP contribution in [0.1, 0.15) is 11.4 Å². The van der Waals surface area contributed by atoms with Crippen LogP contribution >= 0.6 is 0 Å². The van der Waals surface area contributed by atoms with Gasteiger partial charge in [0.25, 0.3) is 0 Å². The summed E-state index contributed by atoms with van der Waals surface area (Å²) in [6.07, 6.45) is 0.667. The highest BCUT2D eigenvalue weighted by Gasteiger charge is 2.09. The molecule has 5 aromatic rings. The standard InChI is InChI=1S/C27H23N3O3S/c1-32-21-12-14-24(15-13-21)34(31)30-20-9-16-25-26(18-20)29-27(28-25)17-19-7-10-23(11-8-19)33-22-5-3-2-4-6-22/h2-16,18,30H,17H2,1H3,(H,28,29). The number of nitrogens with zero attached hydrogens (tertiary/aromatic N) is 1. The van der Waals surface area contributed by atoms with Gasteiger partial charge in [-0.1, -0.05) is 30.3 Å². The summed E-state index contributed by atoms with van der Waals surface area (Å²) >= 11 is 0. The minimum absolute atomic E-state index is 0.667. The first-order valence-electron chi connectivity index (χ1n) is 10.8. The number of anilines is 1. The van der Waals surface area contributed by atoms with Gasteiger partial charge in [-0.15, -0.1) is 0 Å². The molecule has 0 radical (unpaired) electrons. The third-order valence-electron chi connectivity index (χ3n) is 5.29. The average Bonchev–Trinajstić information content (AvgIpc) is 3.27. The molecule has 0 aliphatic heterocycles. The van der Waals surface area contributed by atoms with Crippen LogP contribution in [-0.2, 0) is 17.4 Å². The molecule has 34 heavy (non-hydrogen) atoms. The lowest BCUT2D eigenvalue weighted by Gasteiger charge is -2.07. The zero-order chi connectivity index (χ0) is 23.3. The Hall–Kier alpha value is -4.10. The van der Waals surface area contributed by atoms with Gasteiger partial charge in [0.05, 0.1) is 23.0 Å². The fraction of sp³-hybridized carbons (Fsp3) is 0.0741. The Morgan fingerprint density at radius 3 is 2.29 bits per heavy atom. The van der Waals surface area contributed by atoms with Crippen molar-refractivity contribution in [1.82, 2.24) is 9.97 Å². The lowest BCUT2D eigenvalue weighted by molar-refractivity contribution is 0.414. The fourth-order valence-corrected chi connectivity index (χ4v) is 4.41. The Labute approximate surface area is 200 Å².